The first-order chi connectivity index (χ1) is 3.80. The lowest BCUT2D eigenvalue weighted by atomic mass is 10.0. The second-order valence-electron chi connectivity index (χ2n) is 2.54. The molecule has 1 rings (SSSR count). The van der Waals surface area contributed by atoms with Crippen LogP contribution in [0.15, 0.2) is 0 Å². The van der Waals surface area contributed by atoms with E-state index < -0.39 is 0 Å². The molecule has 0 aromatic heterocycles. The Bertz CT molecular complexity index is 64.9. The Morgan fingerprint density at radius 3 is 2.75 bits per heavy atom. The molecule has 1 N–H and O–H groups in total. The molecule has 0 saturated carbocycles. The van der Waals surface area contributed by atoms with Crippen molar-refractivity contribution in [3.63, 3.8) is 0 Å². The summed E-state index contributed by atoms with van der Waals surface area (Å²) in [6.45, 7) is 4.53. The van der Waals surface area contributed by atoms with Crippen molar-refractivity contribution in [2.24, 2.45) is 5.92 Å². The highest BCUT2D eigenvalue weighted by Crippen LogP contribution is 2.15. The largest absolute Gasteiger partial charge is 0.316 e. The van der Waals surface area contributed by atoms with Crippen molar-refractivity contribution in [2.75, 3.05) is 13.1 Å². The molecule has 0 amide bonds. The van der Waals surface area contributed by atoms with Gasteiger partial charge in [0, 0.05) is 11.8 Å². The van der Waals surface area contributed by atoms with Crippen molar-refractivity contribution in [2.45, 2.75) is 18.6 Å². The van der Waals surface area contributed by atoms with Gasteiger partial charge in [-0.2, -0.15) is 12.6 Å². The molecule has 2 heteroatoms. The maximum absolute atomic E-state index is 4.39. The molecule has 1 aliphatic rings. The second kappa shape index (κ2) is 2.74. The minimum atomic E-state index is 0.587. The van der Waals surface area contributed by atoms with Gasteiger partial charge in [0.05, 0.1) is 0 Å². The first-order valence-corrected chi connectivity index (χ1v) is 3.71. The summed E-state index contributed by atoms with van der Waals surface area (Å²) >= 11 is 4.39. The van der Waals surface area contributed by atoms with Crippen molar-refractivity contribution in [1.29, 1.82) is 0 Å². The van der Waals surface area contributed by atoms with Crippen molar-refractivity contribution in [1.82, 2.24) is 5.32 Å². The summed E-state index contributed by atoms with van der Waals surface area (Å²) in [4.78, 5) is 0. The van der Waals surface area contributed by atoms with E-state index in [1.165, 1.54) is 13.0 Å². The van der Waals surface area contributed by atoms with Crippen LogP contribution in [0.3, 0.4) is 0 Å². The minimum absolute atomic E-state index is 0.587. The molecule has 1 saturated heterocycles. The highest BCUT2D eigenvalue weighted by molar-refractivity contribution is 7.81. The molecular formula is C6H13NS. The van der Waals surface area contributed by atoms with Crippen LogP contribution >= 0.6 is 12.6 Å². The zero-order chi connectivity index (χ0) is 5.98. The van der Waals surface area contributed by atoms with Crippen LogP contribution in [0.1, 0.15) is 13.3 Å². The first-order valence-electron chi connectivity index (χ1n) is 3.19. The smallest absolute Gasteiger partial charge is 0.0168 e. The number of piperidine rings is 1. The summed E-state index contributed by atoms with van der Waals surface area (Å²) < 4.78 is 0. The van der Waals surface area contributed by atoms with E-state index in [4.69, 9.17) is 0 Å². The van der Waals surface area contributed by atoms with Gasteiger partial charge < -0.3 is 5.32 Å². The number of rotatable bonds is 0. The lowest BCUT2D eigenvalue weighted by Gasteiger charge is -2.24. The molecule has 0 spiro atoms. The predicted octanol–water partition coefficient (Wildman–Crippen LogP) is 0.914. The molecule has 0 aliphatic carbocycles. The standard InChI is InChI=1S/C6H13NS/c1-5-2-3-7-4-6(5)8/h5-8H,2-4H2,1H3/t5-,6-/m0/s1. The second-order valence-corrected chi connectivity index (χ2v) is 3.20. The van der Waals surface area contributed by atoms with Gasteiger partial charge in [0.1, 0.15) is 0 Å². The van der Waals surface area contributed by atoms with Crippen LogP contribution in [0.25, 0.3) is 0 Å². The fourth-order valence-electron chi connectivity index (χ4n) is 0.973. The van der Waals surface area contributed by atoms with E-state index in [9.17, 15) is 0 Å². The van der Waals surface area contributed by atoms with Crippen LogP contribution in [0.2, 0.25) is 0 Å². The molecule has 0 aromatic rings. The van der Waals surface area contributed by atoms with Gasteiger partial charge in [-0.3, -0.25) is 0 Å². The normalized spacial score (nSPS) is 39.8. The summed E-state index contributed by atoms with van der Waals surface area (Å²) in [5.41, 5.74) is 0. The molecule has 48 valence electrons. The van der Waals surface area contributed by atoms with Crippen molar-refractivity contribution >= 4 is 12.6 Å². The Morgan fingerprint density at radius 2 is 2.38 bits per heavy atom. The molecule has 0 bridgehead atoms. The van der Waals surface area contributed by atoms with Gasteiger partial charge in [0.2, 0.25) is 0 Å². The number of hydrogen-bond acceptors (Lipinski definition) is 2. The van der Waals surface area contributed by atoms with Crippen molar-refractivity contribution in [3.05, 3.63) is 0 Å². The van der Waals surface area contributed by atoms with E-state index in [0.29, 0.717) is 5.25 Å². The van der Waals surface area contributed by atoms with E-state index in [0.717, 1.165) is 12.5 Å². The Balaban J connectivity index is 2.28. The van der Waals surface area contributed by atoms with Gasteiger partial charge in [-0.25, -0.2) is 0 Å². The van der Waals surface area contributed by atoms with Crippen LogP contribution in [0.5, 0.6) is 0 Å². The fourth-order valence-corrected chi connectivity index (χ4v) is 1.25. The molecule has 0 unspecified atom stereocenters. The molecule has 0 radical (unpaired) electrons. The molecule has 1 heterocycles. The van der Waals surface area contributed by atoms with Crippen molar-refractivity contribution in [3.8, 4) is 0 Å². The first kappa shape index (κ1) is 6.43. The Morgan fingerprint density at radius 1 is 1.62 bits per heavy atom. The van der Waals surface area contributed by atoms with Gasteiger partial charge in [0.25, 0.3) is 0 Å². The Labute approximate surface area is 56.3 Å². The SMILES string of the molecule is C[C@H]1CCNC[C@@H]1S. The third-order valence-electron chi connectivity index (χ3n) is 1.79. The molecule has 8 heavy (non-hydrogen) atoms. The quantitative estimate of drug-likeness (QED) is 0.466. The van der Waals surface area contributed by atoms with Gasteiger partial charge in [0.15, 0.2) is 0 Å². The highest BCUT2D eigenvalue weighted by atomic mass is 32.1. The van der Waals surface area contributed by atoms with Crippen LogP contribution in [-0.4, -0.2) is 18.3 Å². The maximum Gasteiger partial charge on any atom is 0.0168 e. The van der Waals surface area contributed by atoms with Crippen molar-refractivity contribution < 1.29 is 0 Å². The topological polar surface area (TPSA) is 12.0 Å². The zero-order valence-corrected chi connectivity index (χ0v) is 6.12. The van der Waals surface area contributed by atoms with Gasteiger partial charge in [-0.05, 0) is 18.9 Å². The molecule has 2 atom stereocenters. The monoisotopic (exact) mass is 131 g/mol. The third kappa shape index (κ3) is 1.39. The summed E-state index contributed by atoms with van der Waals surface area (Å²) in [6, 6.07) is 0. The number of nitrogens with one attached hydrogen (secondary N) is 1. The van der Waals surface area contributed by atoms with Crippen LogP contribution in [-0.2, 0) is 0 Å². The van der Waals surface area contributed by atoms with E-state index in [2.05, 4.69) is 24.9 Å². The van der Waals surface area contributed by atoms with E-state index >= 15 is 0 Å². The molecular weight excluding hydrogens is 118 g/mol. The van der Waals surface area contributed by atoms with E-state index in [-0.39, 0.29) is 0 Å². The van der Waals surface area contributed by atoms with Crippen LogP contribution in [0, 0.1) is 5.92 Å². The maximum atomic E-state index is 4.39. The number of thiol groups is 1. The molecule has 0 aromatic carbocycles. The lowest BCUT2D eigenvalue weighted by molar-refractivity contribution is 0.416. The third-order valence-corrected chi connectivity index (χ3v) is 2.48. The molecule has 1 fully saturated rings. The predicted molar refractivity (Wildman–Crippen MR) is 39.4 cm³/mol. The fraction of sp³-hybridized carbons (Fsp3) is 1.00. The van der Waals surface area contributed by atoms with Gasteiger partial charge >= 0.3 is 0 Å². The average Bonchev–Trinajstić information content (AvgIpc) is 1.77. The lowest BCUT2D eigenvalue weighted by Crippen LogP contribution is -2.35. The Kier molecular flexibility index (Phi) is 2.20. The summed E-state index contributed by atoms with van der Waals surface area (Å²) in [7, 11) is 0. The minimum Gasteiger partial charge on any atom is -0.316 e. The Hall–Kier alpha value is 0.310. The number of hydrogen-bond donors (Lipinski definition) is 2. The summed E-state index contributed by atoms with van der Waals surface area (Å²) in [5.74, 6) is 0.805. The molecule has 1 aliphatic heterocycles. The van der Waals surface area contributed by atoms with E-state index in [1.807, 2.05) is 0 Å². The van der Waals surface area contributed by atoms with Gasteiger partial charge in [-0.15, -0.1) is 0 Å². The zero-order valence-electron chi connectivity index (χ0n) is 5.22. The van der Waals surface area contributed by atoms with E-state index in [1.54, 1.807) is 0 Å². The summed E-state index contributed by atoms with van der Waals surface area (Å²) in [5, 5.41) is 3.88. The molecule has 1 nitrogen and oxygen atoms in total. The van der Waals surface area contributed by atoms with Gasteiger partial charge in [-0.1, -0.05) is 6.92 Å². The van der Waals surface area contributed by atoms with Crippen LogP contribution in [0.4, 0.5) is 0 Å². The highest BCUT2D eigenvalue weighted by Gasteiger charge is 2.15. The van der Waals surface area contributed by atoms with Crippen LogP contribution < -0.4 is 5.32 Å². The summed E-state index contributed by atoms with van der Waals surface area (Å²) in [6.07, 6.45) is 1.29. The average molecular weight is 131 g/mol.